The highest BCUT2D eigenvalue weighted by Gasteiger charge is 2.71. The van der Waals surface area contributed by atoms with E-state index < -0.39 is 38.2 Å². The van der Waals surface area contributed by atoms with Gasteiger partial charge < -0.3 is 20.5 Å². The van der Waals surface area contributed by atoms with Crippen LogP contribution in [0.25, 0.3) is 0 Å². The molecule has 146 valence electrons. The number of hydrogen-bond acceptors (Lipinski definition) is 6. The van der Waals surface area contributed by atoms with Crippen LogP contribution in [0, 0.1) is 0 Å². The Kier molecular flexibility index (Phi) is 5.58. The molecule has 0 spiro atoms. The number of nitrogens with two attached hydrogens (primary N) is 1. The molecule has 1 aromatic rings. The van der Waals surface area contributed by atoms with Crippen molar-refractivity contribution in [3.8, 4) is 5.75 Å². The standard InChI is InChI=1S/C18H28N2O5S/c1-6-26(22,23)15-14(12-7-9-13(24-5)10-8-12)18(15,11-19)20-16(21)25-17(2,3)4/h7-10,14-15H,6,11,19H2,1-5H3,(H,20,21). The summed E-state index contributed by atoms with van der Waals surface area (Å²) < 4.78 is 35.7. The summed E-state index contributed by atoms with van der Waals surface area (Å²) in [4.78, 5) is 12.3. The lowest BCUT2D eigenvalue weighted by molar-refractivity contribution is 0.0497. The lowest BCUT2D eigenvalue weighted by Crippen LogP contribution is -2.49. The number of carbonyl (C=O) groups is 1. The van der Waals surface area contributed by atoms with Gasteiger partial charge in [-0.3, -0.25) is 0 Å². The van der Waals surface area contributed by atoms with E-state index in [0.717, 1.165) is 5.56 Å². The highest BCUT2D eigenvalue weighted by Crippen LogP contribution is 2.55. The zero-order valence-corrected chi connectivity index (χ0v) is 16.7. The smallest absolute Gasteiger partial charge is 0.408 e. The molecular formula is C18H28N2O5S. The first kappa shape index (κ1) is 20.5. The molecule has 26 heavy (non-hydrogen) atoms. The van der Waals surface area contributed by atoms with Crippen molar-refractivity contribution in [3.05, 3.63) is 29.8 Å². The van der Waals surface area contributed by atoms with Crippen molar-refractivity contribution < 1.29 is 22.7 Å². The van der Waals surface area contributed by atoms with E-state index in [-0.39, 0.29) is 12.3 Å². The molecule has 8 heteroatoms. The first-order chi connectivity index (χ1) is 12.0. The minimum atomic E-state index is -3.43. The first-order valence-electron chi connectivity index (χ1n) is 8.57. The Morgan fingerprint density at radius 1 is 1.27 bits per heavy atom. The normalized spacial score (nSPS) is 25.5. The van der Waals surface area contributed by atoms with Crippen molar-refractivity contribution in [2.24, 2.45) is 5.73 Å². The third-order valence-corrected chi connectivity index (χ3v) is 6.86. The molecule has 2 rings (SSSR count). The number of benzene rings is 1. The van der Waals surface area contributed by atoms with Gasteiger partial charge in [-0.15, -0.1) is 0 Å². The number of rotatable bonds is 6. The van der Waals surface area contributed by atoms with Crippen molar-refractivity contribution in [2.75, 3.05) is 19.4 Å². The van der Waals surface area contributed by atoms with Crippen LogP contribution >= 0.6 is 0 Å². The maximum Gasteiger partial charge on any atom is 0.408 e. The summed E-state index contributed by atoms with van der Waals surface area (Å²) in [6, 6.07) is 7.13. The van der Waals surface area contributed by atoms with E-state index in [1.807, 2.05) is 0 Å². The molecular weight excluding hydrogens is 356 g/mol. The largest absolute Gasteiger partial charge is 0.497 e. The number of hydrogen-bond donors (Lipinski definition) is 2. The van der Waals surface area contributed by atoms with Crippen molar-refractivity contribution in [2.45, 2.75) is 50.0 Å². The van der Waals surface area contributed by atoms with Crippen LogP contribution in [0.4, 0.5) is 4.79 Å². The quantitative estimate of drug-likeness (QED) is 0.774. The van der Waals surface area contributed by atoms with Gasteiger partial charge in [0.15, 0.2) is 9.84 Å². The minimum Gasteiger partial charge on any atom is -0.497 e. The fourth-order valence-corrected chi connectivity index (χ4v) is 5.37. The fraction of sp³-hybridized carbons (Fsp3) is 0.611. The number of sulfone groups is 1. The second-order valence-corrected chi connectivity index (χ2v) is 9.91. The summed E-state index contributed by atoms with van der Waals surface area (Å²) in [5.74, 6) is 0.209. The number of alkyl carbamates (subject to hydrolysis) is 1. The van der Waals surface area contributed by atoms with Crippen LogP contribution in [0.5, 0.6) is 5.75 Å². The van der Waals surface area contributed by atoms with Crippen LogP contribution in [-0.4, -0.2) is 50.3 Å². The van der Waals surface area contributed by atoms with Gasteiger partial charge >= 0.3 is 6.09 Å². The third-order valence-electron chi connectivity index (χ3n) is 4.59. The molecule has 7 nitrogen and oxygen atoms in total. The van der Waals surface area contributed by atoms with Gasteiger partial charge in [-0.1, -0.05) is 19.1 Å². The molecule has 1 saturated carbocycles. The number of carbonyl (C=O) groups excluding carboxylic acids is 1. The molecule has 1 aliphatic carbocycles. The van der Waals surface area contributed by atoms with Crippen LogP contribution < -0.4 is 15.8 Å². The maximum atomic E-state index is 12.6. The van der Waals surface area contributed by atoms with Crippen LogP contribution in [0.1, 0.15) is 39.2 Å². The molecule has 3 N–H and O–H groups in total. The van der Waals surface area contributed by atoms with E-state index in [2.05, 4.69) is 5.32 Å². The molecule has 1 aliphatic rings. The molecule has 0 aromatic heterocycles. The molecule has 0 aliphatic heterocycles. The molecule has 1 fully saturated rings. The number of ether oxygens (including phenoxy) is 2. The highest BCUT2D eigenvalue weighted by molar-refractivity contribution is 7.92. The van der Waals surface area contributed by atoms with Crippen LogP contribution in [-0.2, 0) is 14.6 Å². The van der Waals surface area contributed by atoms with Crippen LogP contribution in [0.3, 0.4) is 0 Å². The monoisotopic (exact) mass is 384 g/mol. The summed E-state index contributed by atoms with van der Waals surface area (Å²) in [6.07, 6.45) is -0.671. The summed E-state index contributed by atoms with van der Waals surface area (Å²) in [5.41, 5.74) is 4.96. The van der Waals surface area contributed by atoms with Gasteiger partial charge in [0.25, 0.3) is 0 Å². The number of nitrogens with one attached hydrogen (secondary N) is 1. The Morgan fingerprint density at radius 3 is 2.27 bits per heavy atom. The molecule has 0 heterocycles. The van der Waals surface area contributed by atoms with Gasteiger partial charge in [0.2, 0.25) is 0 Å². The Balaban J connectivity index is 2.38. The lowest BCUT2D eigenvalue weighted by atomic mass is 10.1. The zero-order valence-electron chi connectivity index (χ0n) is 15.9. The highest BCUT2D eigenvalue weighted by atomic mass is 32.2. The van der Waals surface area contributed by atoms with Crippen molar-refractivity contribution in [3.63, 3.8) is 0 Å². The molecule has 1 amide bonds. The van der Waals surface area contributed by atoms with E-state index in [1.165, 1.54) is 0 Å². The average Bonchev–Trinajstić information content (AvgIpc) is 3.22. The molecule has 0 bridgehead atoms. The molecule has 3 atom stereocenters. The summed E-state index contributed by atoms with van der Waals surface area (Å²) in [7, 11) is -1.87. The Morgan fingerprint density at radius 2 is 1.85 bits per heavy atom. The van der Waals surface area contributed by atoms with Crippen LogP contribution in [0.2, 0.25) is 0 Å². The lowest BCUT2D eigenvalue weighted by Gasteiger charge is -2.24. The Hall–Kier alpha value is -1.80. The van der Waals surface area contributed by atoms with E-state index in [9.17, 15) is 13.2 Å². The molecule has 0 radical (unpaired) electrons. The Labute approximate surface area is 155 Å². The minimum absolute atomic E-state index is 0.00711. The van der Waals surface area contributed by atoms with E-state index in [0.29, 0.717) is 5.75 Å². The topological polar surface area (TPSA) is 108 Å². The van der Waals surface area contributed by atoms with E-state index in [1.54, 1.807) is 59.1 Å². The third kappa shape index (κ3) is 3.96. The second kappa shape index (κ2) is 7.08. The average molecular weight is 384 g/mol. The summed E-state index contributed by atoms with van der Waals surface area (Å²) in [6.45, 7) is 6.82. The second-order valence-electron chi connectivity index (χ2n) is 7.49. The molecule has 0 saturated heterocycles. The van der Waals surface area contributed by atoms with Crippen LogP contribution in [0.15, 0.2) is 24.3 Å². The van der Waals surface area contributed by atoms with Gasteiger partial charge in [-0.25, -0.2) is 13.2 Å². The van der Waals surface area contributed by atoms with Crippen molar-refractivity contribution >= 4 is 15.9 Å². The van der Waals surface area contributed by atoms with Gasteiger partial charge in [0.1, 0.15) is 11.4 Å². The predicted octanol–water partition coefficient (Wildman–Crippen LogP) is 1.82. The number of amides is 1. The predicted molar refractivity (Wildman–Crippen MR) is 100 cm³/mol. The van der Waals surface area contributed by atoms with Crippen molar-refractivity contribution in [1.82, 2.24) is 5.32 Å². The van der Waals surface area contributed by atoms with Gasteiger partial charge in [0.05, 0.1) is 17.9 Å². The molecule has 1 aromatic carbocycles. The van der Waals surface area contributed by atoms with Crippen molar-refractivity contribution in [1.29, 1.82) is 0 Å². The zero-order chi connectivity index (χ0) is 19.8. The molecule has 3 unspecified atom stereocenters. The fourth-order valence-electron chi connectivity index (χ4n) is 3.33. The van der Waals surface area contributed by atoms with Gasteiger partial charge in [-0.05, 0) is 38.5 Å². The maximum absolute atomic E-state index is 12.6. The summed E-state index contributed by atoms with van der Waals surface area (Å²) >= 11 is 0. The van der Waals surface area contributed by atoms with E-state index in [4.69, 9.17) is 15.2 Å². The SMILES string of the molecule is CCS(=O)(=O)C1C(c2ccc(OC)cc2)C1(CN)NC(=O)OC(C)(C)C. The van der Waals surface area contributed by atoms with Gasteiger partial charge in [-0.2, -0.15) is 0 Å². The number of methoxy groups -OCH3 is 1. The first-order valence-corrected chi connectivity index (χ1v) is 10.3. The van der Waals surface area contributed by atoms with E-state index >= 15 is 0 Å². The Bertz CT molecular complexity index is 755. The van der Waals surface area contributed by atoms with Gasteiger partial charge in [0, 0.05) is 18.2 Å². The summed E-state index contributed by atoms with van der Waals surface area (Å²) in [5, 5.41) is 1.96.